The maximum absolute atomic E-state index is 13.3. The summed E-state index contributed by atoms with van der Waals surface area (Å²) in [6, 6.07) is 22.5. The molecule has 1 N–H and O–H groups in total. The van der Waals surface area contributed by atoms with Crippen LogP contribution in [0.2, 0.25) is 0 Å². The Morgan fingerprint density at radius 1 is 0.900 bits per heavy atom. The number of aliphatic carboxylic acids is 1. The number of ether oxygens (including phenoxy) is 1. The van der Waals surface area contributed by atoms with Crippen LogP contribution in [0.1, 0.15) is 17.0 Å². The summed E-state index contributed by atoms with van der Waals surface area (Å²) in [5, 5.41) is 10.1. The van der Waals surface area contributed by atoms with Crippen molar-refractivity contribution >= 4 is 23.5 Å². The lowest BCUT2D eigenvalue weighted by Crippen LogP contribution is -2.43. The van der Waals surface area contributed by atoms with Gasteiger partial charge in [-0.15, -0.1) is 0 Å². The van der Waals surface area contributed by atoms with E-state index in [0.29, 0.717) is 17.1 Å². The van der Waals surface area contributed by atoms with Crippen molar-refractivity contribution in [2.24, 2.45) is 0 Å². The lowest BCUT2D eigenvalue weighted by atomic mass is 9.89. The molecular weight excluding hydrogens is 378 g/mol. The smallest absolute Gasteiger partial charge is 0.327 e. The zero-order valence-corrected chi connectivity index (χ0v) is 16.0. The van der Waals surface area contributed by atoms with Gasteiger partial charge in [0, 0.05) is 5.69 Å². The number of nitrogens with zero attached hydrogens (tertiary/aromatic N) is 1. The molecule has 0 aromatic heterocycles. The molecule has 30 heavy (non-hydrogen) atoms. The quantitative estimate of drug-likeness (QED) is 0.702. The summed E-state index contributed by atoms with van der Waals surface area (Å²) in [6.45, 7) is 0. The maximum Gasteiger partial charge on any atom is 0.327 e. The number of carboxylic acids is 1. The van der Waals surface area contributed by atoms with E-state index in [4.69, 9.17) is 4.74 Å². The normalized spacial score (nSPS) is 21.8. The molecule has 2 heterocycles. The fourth-order valence-corrected chi connectivity index (χ4v) is 4.36. The summed E-state index contributed by atoms with van der Waals surface area (Å²) in [4.78, 5) is 27.4. The van der Waals surface area contributed by atoms with Gasteiger partial charge in [-0.25, -0.2) is 4.79 Å². The van der Waals surface area contributed by atoms with Crippen LogP contribution < -0.4 is 9.64 Å². The molecule has 1 saturated heterocycles. The third-order valence-electron chi connectivity index (χ3n) is 5.64. The monoisotopic (exact) mass is 397 g/mol. The van der Waals surface area contributed by atoms with Gasteiger partial charge < -0.3 is 14.7 Å². The Morgan fingerprint density at radius 2 is 1.63 bits per heavy atom. The maximum atomic E-state index is 13.3. The second kappa shape index (κ2) is 7.19. The summed E-state index contributed by atoms with van der Waals surface area (Å²) in [6.07, 6.45) is 3.69. The van der Waals surface area contributed by atoms with E-state index in [1.54, 1.807) is 35.2 Å². The van der Waals surface area contributed by atoms with Crippen LogP contribution in [0.15, 0.2) is 84.9 Å². The van der Waals surface area contributed by atoms with Crippen LogP contribution in [0.3, 0.4) is 0 Å². The summed E-state index contributed by atoms with van der Waals surface area (Å²) in [5.74, 6) is -0.684. The molecule has 0 spiro atoms. The molecule has 0 unspecified atom stereocenters. The predicted molar refractivity (Wildman–Crippen MR) is 114 cm³/mol. The van der Waals surface area contributed by atoms with Crippen LogP contribution in [0.4, 0.5) is 5.69 Å². The molecule has 3 aromatic carbocycles. The number of para-hydroxylation sites is 2. The fourth-order valence-electron chi connectivity index (χ4n) is 4.36. The Hall–Kier alpha value is -3.86. The number of carbonyl (C=O) groups excluding carboxylic acids is 1. The van der Waals surface area contributed by atoms with Gasteiger partial charge in [0.15, 0.2) is 5.78 Å². The summed E-state index contributed by atoms with van der Waals surface area (Å²) in [5.41, 5.74) is 2.32. The Kier molecular flexibility index (Phi) is 4.36. The van der Waals surface area contributed by atoms with Crippen molar-refractivity contribution in [2.45, 2.75) is 18.0 Å². The van der Waals surface area contributed by atoms with Gasteiger partial charge in [-0.2, -0.15) is 0 Å². The molecule has 5 rings (SSSR count). The minimum Gasteiger partial charge on any atom is -0.480 e. The summed E-state index contributed by atoms with van der Waals surface area (Å²) < 4.78 is 5.90. The molecular formula is C25H19NO4. The fraction of sp³-hybridized carbons (Fsp3) is 0.120. The Balaban J connectivity index is 1.55. The Morgan fingerprint density at radius 3 is 2.43 bits per heavy atom. The molecule has 0 aliphatic carbocycles. The zero-order valence-electron chi connectivity index (χ0n) is 16.0. The van der Waals surface area contributed by atoms with Crippen molar-refractivity contribution in [3.05, 3.63) is 96.1 Å². The molecule has 1 fully saturated rings. The Labute approximate surface area is 173 Å². The Bertz CT molecular complexity index is 1150. The van der Waals surface area contributed by atoms with Crippen molar-refractivity contribution in [2.75, 3.05) is 4.90 Å². The van der Waals surface area contributed by atoms with E-state index in [-0.39, 0.29) is 5.78 Å². The highest BCUT2D eigenvalue weighted by Crippen LogP contribution is 2.43. The second-order valence-electron chi connectivity index (χ2n) is 7.42. The van der Waals surface area contributed by atoms with E-state index in [9.17, 15) is 14.7 Å². The highest BCUT2D eigenvalue weighted by atomic mass is 16.5. The van der Waals surface area contributed by atoms with E-state index in [0.717, 1.165) is 11.3 Å². The highest BCUT2D eigenvalue weighted by molar-refractivity contribution is 6.07. The van der Waals surface area contributed by atoms with Crippen LogP contribution >= 0.6 is 0 Å². The van der Waals surface area contributed by atoms with Gasteiger partial charge in [0.25, 0.3) is 0 Å². The van der Waals surface area contributed by atoms with Crippen molar-refractivity contribution in [3.63, 3.8) is 0 Å². The highest BCUT2D eigenvalue weighted by Gasteiger charge is 2.52. The van der Waals surface area contributed by atoms with Crippen molar-refractivity contribution in [3.8, 4) is 11.5 Å². The lowest BCUT2D eigenvalue weighted by Gasteiger charge is -2.32. The molecule has 3 aromatic rings. The number of ketones is 1. The molecule has 0 saturated carbocycles. The van der Waals surface area contributed by atoms with Gasteiger partial charge in [-0.3, -0.25) is 4.79 Å². The first-order valence-corrected chi connectivity index (χ1v) is 9.78. The number of carbonyl (C=O) groups is 2. The van der Waals surface area contributed by atoms with Gasteiger partial charge in [0.05, 0.1) is 5.92 Å². The van der Waals surface area contributed by atoms with Crippen LogP contribution in [-0.4, -0.2) is 28.9 Å². The van der Waals surface area contributed by atoms with Crippen LogP contribution in [0.25, 0.3) is 6.08 Å². The second-order valence-corrected chi connectivity index (χ2v) is 7.42. The van der Waals surface area contributed by atoms with E-state index in [1.165, 1.54) is 0 Å². The number of Topliss-reactive ketones (excluding diaryl/α,β-unsaturated/α-hetero) is 1. The topological polar surface area (TPSA) is 66.8 Å². The van der Waals surface area contributed by atoms with Crippen LogP contribution in [0, 0.1) is 0 Å². The number of hydrogen-bond acceptors (Lipinski definition) is 4. The van der Waals surface area contributed by atoms with E-state index in [2.05, 4.69) is 0 Å². The molecule has 5 nitrogen and oxygen atoms in total. The number of benzene rings is 3. The van der Waals surface area contributed by atoms with Crippen LogP contribution in [-0.2, 0) is 9.59 Å². The summed E-state index contributed by atoms with van der Waals surface area (Å²) >= 11 is 0. The number of hydrogen-bond donors (Lipinski definition) is 1. The van der Waals surface area contributed by atoms with E-state index >= 15 is 0 Å². The average Bonchev–Trinajstić information content (AvgIpc) is 3.08. The van der Waals surface area contributed by atoms with Gasteiger partial charge >= 0.3 is 5.97 Å². The van der Waals surface area contributed by atoms with E-state index in [1.807, 2.05) is 60.7 Å². The van der Waals surface area contributed by atoms with Crippen LogP contribution in [0.5, 0.6) is 11.5 Å². The molecule has 0 amide bonds. The lowest BCUT2D eigenvalue weighted by molar-refractivity contribution is -0.139. The number of carboxylic acid groups (broad SMARTS) is 1. The predicted octanol–water partition coefficient (Wildman–Crippen LogP) is 4.50. The van der Waals surface area contributed by atoms with Gasteiger partial charge in [0.1, 0.15) is 23.6 Å². The molecule has 0 radical (unpaired) electrons. The summed E-state index contributed by atoms with van der Waals surface area (Å²) in [7, 11) is 0. The molecule has 2 aliphatic rings. The van der Waals surface area contributed by atoms with Gasteiger partial charge in [0.2, 0.25) is 0 Å². The average molecular weight is 397 g/mol. The van der Waals surface area contributed by atoms with Gasteiger partial charge in [-0.1, -0.05) is 60.7 Å². The first-order chi connectivity index (χ1) is 14.6. The largest absolute Gasteiger partial charge is 0.480 e. The molecule has 2 aliphatic heterocycles. The SMILES string of the molecule is O=C1[C@H](c2cccc(Oc3ccccc3)c2)[C@@H](C(=O)O)N2c3ccccc3C=C[C@H]12. The molecule has 0 bridgehead atoms. The molecule has 148 valence electrons. The first kappa shape index (κ1) is 18.2. The minimum absolute atomic E-state index is 0.120. The zero-order chi connectivity index (χ0) is 20.7. The molecule has 3 atom stereocenters. The van der Waals surface area contributed by atoms with Crippen molar-refractivity contribution < 1.29 is 19.4 Å². The van der Waals surface area contributed by atoms with E-state index < -0.39 is 24.0 Å². The number of anilines is 1. The third-order valence-corrected chi connectivity index (χ3v) is 5.64. The standard InChI is InChI=1S/C25H19NO4/c27-24-21-14-13-16-7-4-5-12-20(16)26(21)23(25(28)29)22(24)17-8-6-11-19(15-17)30-18-9-2-1-3-10-18/h1-15,21-23H,(H,28,29)/t21-,22-,23+/m1/s1. The number of rotatable bonds is 4. The third kappa shape index (κ3) is 2.95. The number of fused-ring (bicyclic) bond motifs is 3. The van der Waals surface area contributed by atoms with Gasteiger partial charge in [-0.05, 0) is 41.5 Å². The van der Waals surface area contributed by atoms with Crippen molar-refractivity contribution in [1.29, 1.82) is 0 Å². The molecule has 5 heteroatoms. The minimum atomic E-state index is -1.02. The first-order valence-electron chi connectivity index (χ1n) is 9.78. The van der Waals surface area contributed by atoms with Crippen molar-refractivity contribution in [1.82, 2.24) is 0 Å².